The minimum absolute atomic E-state index is 0.223. The van der Waals surface area contributed by atoms with E-state index in [0.29, 0.717) is 0 Å². The van der Waals surface area contributed by atoms with Gasteiger partial charge in [-0.1, -0.05) is 25.3 Å². The van der Waals surface area contributed by atoms with Gasteiger partial charge in [-0.05, 0) is 18.8 Å². The van der Waals surface area contributed by atoms with Crippen LogP contribution in [0.4, 0.5) is 0 Å². The van der Waals surface area contributed by atoms with Crippen molar-refractivity contribution in [1.29, 1.82) is 0 Å². The summed E-state index contributed by atoms with van der Waals surface area (Å²) < 4.78 is 4.65. The molecule has 0 aromatic heterocycles. The largest absolute Gasteiger partial charge is 0.468 e. The lowest BCUT2D eigenvalue weighted by molar-refractivity contribution is -0.148. The summed E-state index contributed by atoms with van der Waals surface area (Å²) in [6, 6.07) is 0. The van der Waals surface area contributed by atoms with E-state index in [4.69, 9.17) is 0 Å². The van der Waals surface area contributed by atoms with Gasteiger partial charge in [0.25, 0.3) is 0 Å². The second kappa shape index (κ2) is 5.91. The molecule has 1 N–H and O–H groups in total. The maximum Gasteiger partial charge on any atom is 0.315 e. The molecule has 15 heavy (non-hydrogen) atoms. The first kappa shape index (κ1) is 12.2. The molecule has 0 heterocycles. The highest BCUT2D eigenvalue weighted by atomic mass is 16.5. The Labute approximate surface area is 91.1 Å². The molecule has 0 bridgehead atoms. The third kappa shape index (κ3) is 3.06. The van der Waals surface area contributed by atoms with Crippen LogP contribution in [0.2, 0.25) is 0 Å². The van der Waals surface area contributed by atoms with Crippen LogP contribution in [0.3, 0.4) is 0 Å². The number of hydrogen-bond acceptors (Lipinski definition) is 3. The van der Waals surface area contributed by atoms with E-state index in [9.17, 15) is 9.90 Å². The van der Waals surface area contributed by atoms with E-state index in [0.717, 1.165) is 25.7 Å². The van der Waals surface area contributed by atoms with E-state index in [-0.39, 0.29) is 11.9 Å². The number of carbonyl (C=O) groups excluding carboxylic acids is 1. The van der Waals surface area contributed by atoms with Crippen LogP contribution in [-0.2, 0) is 9.53 Å². The van der Waals surface area contributed by atoms with Crippen molar-refractivity contribution in [2.24, 2.45) is 11.8 Å². The maximum atomic E-state index is 11.4. The van der Waals surface area contributed by atoms with Crippen molar-refractivity contribution in [2.75, 3.05) is 7.11 Å². The second-order valence-corrected chi connectivity index (χ2v) is 4.17. The first-order valence-corrected chi connectivity index (χ1v) is 5.59. The molecule has 0 unspecified atom stereocenters. The Hall–Kier alpha value is -0.830. The number of ether oxygens (including phenoxy) is 1. The molecule has 0 aromatic carbocycles. The van der Waals surface area contributed by atoms with Crippen LogP contribution >= 0.6 is 0 Å². The predicted octanol–water partition coefficient (Wildman–Crippen LogP) is 1.90. The van der Waals surface area contributed by atoms with Gasteiger partial charge in [0.05, 0.1) is 13.2 Å². The molecular formula is C12H20O3. The van der Waals surface area contributed by atoms with Crippen LogP contribution < -0.4 is 0 Å². The molecule has 86 valence electrons. The van der Waals surface area contributed by atoms with E-state index in [2.05, 4.69) is 11.3 Å². The molecule has 3 nitrogen and oxygen atoms in total. The van der Waals surface area contributed by atoms with E-state index < -0.39 is 12.0 Å². The Balaban J connectivity index is 2.58. The smallest absolute Gasteiger partial charge is 0.315 e. The van der Waals surface area contributed by atoms with Crippen molar-refractivity contribution in [1.82, 2.24) is 0 Å². The average Bonchev–Trinajstić information content (AvgIpc) is 2.30. The predicted molar refractivity (Wildman–Crippen MR) is 58.3 cm³/mol. The van der Waals surface area contributed by atoms with Crippen LogP contribution in [-0.4, -0.2) is 24.3 Å². The molecule has 2 atom stereocenters. The lowest BCUT2D eigenvalue weighted by Crippen LogP contribution is -2.34. The topological polar surface area (TPSA) is 46.5 Å². The Morgan fingerprint density at radius 3 is 2.53 bits per heavy atom. The second-order valence-electron chi connectivity index (χ2n) is 4.17. The zero-order valence-corrected chi connectivity index (χ0v) is 9.32. The first-order chi connectivity index (χ1) is 7.20. The molecule has 1 aliphatic carbocycles. The van der Waals surface area contributed by atoms with Gasteiger partial charge < -0.3 is 9.84 Å². The molecule has 0 saturated heterocycles. The zero-order chi connectivity index (χ0) is 11.3. The molecular weight excluding hydrogens is 192 g/mol. The number of aliphatic hydroxyl groups excluding tert-OH is 1. The van der Waals surface area contributed by atoms with Gasteiger partial charge in [0.15, 0.2) is 0 Å². The molecule has 1 rings (SSSR count). The van der Waals surface area contributed by atoms with Crippen molar-refractivity contribution in [3.05, 3.63) is 12.7 Å². The standard InChI is InChI=1S/C12H20O3/c1-3-10(12(14)15-2)11(13)9-7-5-4-6-8-9/h3,9-11,13H,1,4-8H2,2H3/t10-,11-/m1/s1. The summed E-state index contributed by atoms with van der Waals surface area (Å²) in [4.78, 5) is 11.4. The van der Waals surface area contributed by atoms with Crippen molar-refractivity contribution in [3.63, 3.8) is 0 Å². The van der Waals surface area contributed by atoms with Crippen LogP contribution in [0.5, 0.6) is 0 Å². The average molecular weight is 212 g/mol. The molecule has 0 radical (unpaired) electrons. The van der Waals surface area contributed by atoms with Gasteiger partial charge in [0.2, 0.25) is 0 Å². The molecule has 1 fully saturated rings. The van der Waals surface area contributed by atoms with E-state index in [1.165, 1.54) is 19.6 Å². The van der Waals surface area contributed by atoms with Gasteiger partial charge in [-0.2, -0.15) is 0 Å². The fourth-order valence-electron chi connectivity index (χ4n) is 2.28. The summed E-state index contributed by atoms with van der Waals surface area (Å²) in [5.41, 5.74) is 0. The number of aliphatic hydroxyl groups is 1. The summed E-state index contributed by atoms with van der Waals surface area (Å²) in [5.74, 6) is -0.734. The van der Waals surface area contributed by atoms with Crippen molar-refractivity contribution in [3.8, 4) is 0 Å². The van der Waals surface area contributed by atoms with Gasteiger partial charge >= 0.3 is 5.97 Å². The zero-order valence-electron chi connectivity index (χ0n) is 9.32. The number of hydrogen-bond donors (Lipinski definition) is 1. The van der Waals surface area contributed by atoms with Crippen LogP contribution in [0, 0.1) is 11.8 Å². The Morgan fingerprint density at radius 1 is 1.47 bits per heavy atom. The summed E-state index contributed by atoms with van der Waals surface area (Å²) in [5, 5.41) is 10.1. The molecule has 1 aliphatic rings. The normalized spacial score (nSPS) is 21.7. The number of esters is 1. The molecule has 0 aliphatic heterocycles. The number of carbonyl (C=O) groups is 1. The summed E-state index contributed by atoms with van der Waals surface area (Å²) in [6.07, 6.45) is 6.39. The van der Waals surface area contributed by atoms with Crippen molar-refractivity contribution < 1.29 is 14.6 Å². The monoisotopic (exact) mass is 212 g/mol. The molecule has 0 aromatic rings. The number of rotatable bonds is 4. The van der Waals surface area contributed by atoms with Crippen LogP contribution in [0.1, 0.15) is 32.1 Å². The molecule has 0 spiro atoms. The number of methoxy groups -OCH3 is 1. The fourth-order valence-corrected chi connectivity index (χ4v) is 2.28. The van der Waals surface area contributed by atoms with Gasteiger partial charge in [0, 0.05) is 0 Å². The van der Waals surface area contributed by atoms with E-state index in [1.807, 2.05) is 0 Å². The van der Waals surface area contributed by atoms with Gasteiger partial charge in [-0.15, -0.1) is 6.58 Å². The van der Waals surface area contributed by atoms with Gasteiger partial charge in [-0.25, -0.2) is 0 Å². The van der Waals surface area contributed by atoms with Crippen molar-refractivity contribution >= 4 is 5.97 Å². The highest BCUT2D eigenvalue weighted by Crippen LogP contribution is 2.30. The van der Waals surface area contributed by atoms with Crippen LogP contribution in [0.15, 0.2) is 12.7 Å². The molecule has 1 saturated carbocycles. The highest BCUT2D eigenvalue weighted by Gasteiger charge is 2.31. The van der Waals surface area contributed by atoms with E-state index >= 15 is 0 Å². The van der Waals surface area contributed by atoms with Crippen LogP contribution in [0.25, 0.3) is 0 Å². The third-order valence-electron chi connectivity index (χ3n) is 3.23. The van der Waals surface area contributed by atoms with Gasteiger partial charge in [-0.3, -0.25) is 4.79 Å². The Morgan fingerprint density at radius 2 is 2.07 bits per heavy atom. The highest BCUT2D eigenvalue weighted by molar-refractivity contribution is 5.74. The Bertz CT molecular complexity index is 219. The molecule has 3 heteroatoms. The van der Waals surface area contributed by atoms with E-state index in [1.54, 1.807) is 0 Å². The lowest BCUT2D eigenvalue weighted by Gasteiger charge is -2.29. The molecule has 0 amide bonds. The minimum Gasteiger partial charge on any atom is -0.468 e. The fraction of sp³-hybridized carbons (Fsp3) is 0.750. The summed E-state index contributed by atoms with van der Waals surface area (Å²) >= 11 is 0. The SMILES string of the molecule is C=C[C@@H](C(=O)OC)[C@H](O)C1CCCCC1. The van der Waals surface area contributed by atoms with Gasteiger partial charge in [0.1, 0.15) is 5.92 Å². The maximum absolute atomic E-state index is 11.4. The lowest BCUT2D eigenvalue weighted by atomic mass is 9.80. The summed E-state index contributed by atoms with van der Waals surface area (Å²) in [7, 11) is 1.34. The Kier molecular flexibility index (Phi) is 4.82. The minimum atomic E-state index is -0.629. The third-order valence-corrected chi connectivity index (χ3v) is 3.23. The van der Waals surface area contributed by atoms with Crippen molar-refractivity contribution in [2.45, 2.75) is 38.2 Å². The summed E-state index contributed by atoms with van der Waals surface area (Å²) in [6.45, 7) is 3.59. The quantitative estimate of drug-likeness (QED) is 0.572. The first-order valence-electron chi connectivity index (χ1n) is 5.59.